The molecule has 0 heteroatoms. The first-order valence-electron chi connectivity index (χ1n) is 4.96. The molecule has 0 aliphatic heterocycles. The molecule has 0 saturated carbocycles. The minimum Gasteiger partial charge on any atom is -0.0914 e. The van der Waals surface area contributed by atoms with Crippen molar-refractivity contribution in [3.63, 3.8) is 0 Å². The lowest BCUT2D eigenvalue weighted by molar-refractivity contribution is 0.654. The van der Waals surface area contributed by atoms with Crippen molar-refractivity contribution < 1.29 is 0 Å². The fourth-order valence-corrected chi connectivity index (χ4v) is 1.15. The number of hydrogen-bond donors (Lipinski definition) is 0. The largest absolute Gasteiger partial charge is 0.0914 e. The van der Waals surface area contributed by atoms with E-state index in [2.05, 4.69) is 52.0 Å². The summed E-state index contributed by atoms with van der Waals surface area (Å²) < 4.78 is 0. The molecule has 0 amide bonds. The summed E-state index contributed by atoms with van der Waals surface area (Å²) in [6.45, 7) is 8.78. The van der Waals surface area contributed by atoms with E-state index in [1.165, 1.54) is 12.8 Å². The Morgan fingerprint density at radius 2 is 1.75 bits per heavy atom. The fraction of sp³-hybridized carbons (Fsp3) is 0.667. The maximum absolute atomic E-state index is 2.30. The first-order valence-corrected chi connectivity index (χ1v) is 4.96. The molecule has 0 saturated heterocycles. The minimum atomic E-state index is 0.696. The summed E-state index contributed by atoms with van der Waals surface area (Å²) in [7, 11) is 0. The van der Waals surface area contributed by atoms with Crippen LogP contribution in [0.15, 0.2) is 24.3 Å². The third-order valence-corrected chi connectivity index (χ3v) is 1.83. The Labute approximate surface area is 77.4 Å². The molecular weight excluding hydrogens is 144 g/mol. The summed E-state index contributed by atoms with van der Waals surface area (Å²) in [4.78, 5) is 0. The Balaban J connectivity index is 3.42. The van der Waals surface area contributed by atoms with E-state index in [0.29, 0.717) is 5.92 Å². The van der Waals surface area contributed by atoms with Crippen molar-refractivity contribution in [3.8, 4) is 0 Å². The second-order valence-electron chi connectivity index (χ2n) is 3.75. The molecule has 0 rings (SSSR count). The van der Waals surface area contributed by atoms with Gasteiger partial charge in [-0.3, -0.25) is 0 Å². The van der Waals surface area contributed by atoms with Crippen molar-refractivity contribution in [1.82, 2.24) is 0 Å². The summed E-state index contributed by atoms with van der Waals surface area (Å²) in [5.41, 5.74) is 0. The van der Waals surface area contributed by atoms with Gasteiger partial charge in [-0.05, 0) is 31.6 Å². The van der Waals surface area contributed by atoms with Crippen LogP contribution in [-0.4, -0.2) is 0 Å². The SMILES string of the molecule is CC=CC(C)CCC=CC(C)C. The highest BCUT2D eigenvalue weighted by atomic mass is 14.0. The van der Waals surface area contributed by atoms with Crippen molar-refractivity contribution >= 4 is 0 Å². The van der Waals surface area contributed by atoms with E-state index in [9.17, 15) is 0 Å². The van der Waals surface area contributed by atoms with Gasteiger partial charge in [0.15, 0.2) is 0 Å². The van der Waals surface area contributed by atoms with Crippen molar-refractivity contribution in [2.24, 2.45) is 11.8 Å². The molecule has 70 valence electrons. The number of allylic oxidation sites excluding steroid dienone is 4. The van der Waals surface area contributed by atoms with Crippen LogP contribution in [0, 0.1) is 11.8 Å². The van der Waals surface area contributed by atoms with E-state index < -0.39 is 0 Å². The van der Waals surface area contributed by atoms with Crippen molar-refractivity contribution in [3.05, 3.63) is 24.3 Å². The summed E-state index contributed by atoms with van der Waals surface area (Å²) in [6, 6.07) is 0. The predicted molar refractivity (Wildman–Crippen MR) is 57.2 cm³/mol. The fourth-order valence-electron chi connectivity index (χ4n) is 1.15. The molecule has 0 aliphatic carbocycles. The molecule has 0 N–H and O–H groups in total. The van der Waals surface area contributed by atoms with Gasteiger partial charge < -0.3 is 0 Å². The zero-order chi connectivity index (χ0) is 9.40. The molecule has 1 atom stereocenters. The van der Waals surface area contributed by atoms with Gasteiger partial charge in [0.05, 0.1) is 0 Å². The average Bonchev–Trinajstić information content (AvgIpc) is 1.98. The molecular formula is C12H22. The zero-order valence-corrected chi connectivity index (χ0v) is 8.88. The highest BCUT2D eigenvalue weighted by Gasteiger charge is 1.93. The lowest BCUT2D eigenvalue weighted by Crippen LogP contribution is -1.87. The summed E-state index contributed by atoms with van der Waals surface area (Å²) in [5, 5.41) is 0. The Morgan fingerprint density at radius 3 is 2.25 bits per heavy atom. The zero-order valence-electron chi connectivity index (χ0n) is 8.88. The van der Waals surface area contributed by atoms with Gasteiger partial charge in [0.2, 0.25) is 0 Å². The first-order chi connectivity index (χ1) is 5.66. The second-order valence-corrected chi connectivity index (χ2v) is 3.75. The van der Waals surface area contributed by atoms with Gasteiger partial charge in [0.25, 0.3) is 0 Å². The Hall–Kier alpha value is -0.520. The van der Waals surface area contributed by atoms with Gasteiger partial charge in [-0.2, -0.15) is 0 Å². The van der Waals surface area contributed by atoms with Gasteiger partial charge >= 0.3 is 0 Å². The van der Waals surface area contributed by atoms with E-state index in [-0.39, 0.29) is 0 Å². The van der Waals surface area contributed by atoms with Gasteiger partial charge in [0, 0.05) is 0 Å². The minimum absolute atomic E-state index is 0.696. The lowest BCUT2D eigenvalue weighted by atomic mass is 10.0. The van der Waals surface area contributed by atoms with Crippen molar-refractivity contribution in [2.75, 3.05) is 0 Å². The summed E-state index contributed by atoms with van der Waals surface area (Å²) >= 11 is 0. The molecule has 1 unspecified atom stereocenters. The summed E-state index contributed by atoms with van der Waals surface area (Å²) in [5.74, 6) is 1.42. The van der Waals surface area contributed by atoms with Crippen LogP contribution >= 0.6 is 0 Å². The molecule has 0 aliphatic rings. The van der Waals surface area contributed by atoms with Crippen LogP contribution in [-0.2, 0) is 0 Å². The van der Waals surface area contributed by atoms with E-state index in [0.717, 1.165) is 5.92 Å². The van der Waals surface area contributed by atoms with E-state index in [4.69, 9.17) is 0 Å². The second kappa shape index (κ2) is 7.15. The maximum atomic E-state index is 2.30. The van der Waals surface area contributed by atoms with E-state index in [1.807, 2.05) is 0 Å². The monoisotopic (exact) mass is 166 g/mol. The molecule has 0 spiro atoms. The lowest BCUT2D eigenvalue weighted by Gasteiger charge is -2.02. The van der Waals surface area contributed by atoms with Crippen molar-refractivity contribution in [1.29, 1.82) is 0 Å². The van der Waals surface area contributed by atoms with Crippen molar-refractivity contribution in [2.45, 2.75) is 40.5 Å². The van der Waals surface area contributed by atoms with Crippen LogP contribution in [0.3, 0.4) is 0 Å². The normalized spacial score (nSPS) is 15.1. The van der Waals surface area contributed by atoms with Crippen LogP contribution in [0.5, 0.6) is 0 Å². The topological polar surface area (TPSA) is 0 Å². The van der Waals surface area contributed by atoms with Gasteiger partial charge in [-0.15, -0.1) is 0 Å². The van der Waals surface area contributed by atoms with Crippen LogP contribution in [0.1, 0.15) is 40.5 Å². The van der Waals surface area contributed by atoms with Gasteiger partial charge in [0.1, 0.15) is 0 Å². The van der Waals surface area contributed by atoms with E-state index >= 15 is 0 Å². The standard InChI is InChI=1S/C12H22/c1-5-8-12(4)10-7-6-9-11(2)3/h5-6,8-9,11-12H,7,10H2,1-4H3. The van der Waals surface area contributed by atoms with Gasteiger partial charge in [-0.1, -0.05) is 45.1 Å². The molecule has 0 radical (unpaired) electrons. The highest BCUT2D eigenvalue weighted by Crippen LogP contribution is 2.08. The molecule has 12 heavy (non-hydrogen) atoms. The Kier molecular flexibility index (Phi) is 6.84. The summed E-state index contributed by atoms with van der Waals surface area (Å²) in [6.07, 6.45) is 11.5. The van der Waals surface area contributed by atoms with E-state index in [1.54, 1.807) is 0 Å². The van der Waals surface area contributed by atoms with Crippen LogP contribution in [0.2, 0.25) is 0 Å². The molecule has 0 aromatic carbocycles. The third kappa shape index (κ3) is 7.59. The quantitative estimate of drug-likeness (QED) is 0.537. The Bertz CT molecular complexity index is 140. The molecule has 0 heterocycles. The first kappa shape index (κ1) is 11.5. The third-order valence-electron chi connectivity index (χ3n) is 1.83. The molecule has 0 aromatic heterocycles. The van der Waals surface area contributed by atoms with Gasteiger partial charge in [-0.25, -0.2) is 0 Å². The number of rotatable bonds is 5. The highest BCUT2D eigenvalue weighted by molar-refractivity contribution is 4.88. The maximum Gasteiger partial charge on any atom is -0.0259 e. The predicted octanol–water partition coefficient (Wildman–Crippen LogP) is 4.19. The Morgan fingerprint density at radius 1 is 1.08 bits per heavy atom. The number of hydrogen-bond acceptors (Lipinski definition) is 0. The molecule has 0 aromatic rings. The molecule has 0 bridgehead atoms. The van der Waals surface area contributed by atoms with Crippen LogP contribution in [0.25, 0.3) is 0 Å². The smallest absolute Gasteiger partial charge is 0.0259 e. The molecule has 0 nitrogen and oxygen atoms in total. The van der Waals surface area contributed by atoms with Crippen LogP contribution in [0.4, 0.5) is 0 Å². The average molecular weight is 166 g/mol. The molecule has 0 fully saturated rings. The van der Waals surface area contributed by atoms with Crippen LogP contribution < -0.4 is 0 Å².